The molecule has 1 fully saturated rings. The van der Waals surface area contributed by atoms with E-state index in [0.717, 1.165) is 5.56 Å². The summed E-state index contributed by atoms with van der Waals surface area (Å²) in [5, 5.41) is 0. The van der Waals surface area contributed by atoms with E-state index in [1.165, 1.54) is 0 Å². The van der Waals surface area contributed by atoms with Gasteiger partial charge in [0.25, 0.3) is 0 Å². The lowest BCUT2D eigenvalue weighted by atomic mass is 9.89. The average molecular weight is 227 g/mol. The van der Waals surface area contributed by atoms with E-state index in [9.17, 15) is 8.78 Å². The summed E-state index contributed by atoms with van der Waals surface area (Å²) < 4.78 is 31.3. The van der Waals surface area contributed by atoms with Crippen LogP contribution >= 0.6 is 0 Å². The highest BCUT2D eigenvalue weighted by molar-refractivity contribution is 5.32. The van der Waals surface area contributed by atoms with Crippen molar-refractivity contribution in [3.63, 3.8) is 0 Å². The summed E-state index contributed by atoms with van der Waals surface area (Å²) in [6.07, 6.45) is -0.0752. The predicted octanol–water partition coefficient (Wildman–Crippen LogP) is 2.67. The number of alkyl halides is 2. The van der Waals surface area contributed by atoms with E-state index in [-0.39, 0.29) is 12.8 Å². The smallest absolute Gasteiger partial charge is 0.250 e. The molecule has 1 aromatic rings. The molecule has 2 nitrogen and oxygen atoms in total. The predicted molar refractivity (Wildman–Crippen MR) is 57.7 cm³/mol. The molecule has 0 saturated heterocycles. The molecule has 1 aliphatic rings. The molecule has 16 heavy (non-hydrogen) atoms. The number of nitrogens with two attached hydrogens (primary N) is 1. The van der Waals surface area contributed by atoms with Crippen molar-refractivity contribution in [2.24, 2.45) is 5.73 Å². The van der Waals surface area contributed by atoms with Gasteiger partial charge in [0.1, 0.15) is 5.75 Å². The van der Waals surface area contributed by atoms with Crippen LogP contribution in [0.1, 0.15) is 24.8 Å². The molecule has 4 heteroatoms. The molecular weight excluding hydrogens is 212 g/mol. The lowest BCUT2D eigenvalue weighted by Gasteiger charge is -2.24. The number of methoxy groups -OCH3 is 1. The first-order valence-corrected chi connectivity index (χ1v) is 5.26. The van der Waals surface area contributed by atoms with E-state index >= 15 is 0 Å². The first-order valence-electron chi connectivity index (χ1n) is 5.26. The number of rotatable bonds is 2. The van der Waals surface area contributed by atoms with Crippen LogP contribution in [0.2, 0.25) is 0 Å². The van der Waals surface area contributed by atoms with E-state index in [0.29, 0.717) is 12.2 Å². The zero-order chi connectivity index (χ0) is 11.8. The van der Waals surface area contributed by atoms with Gasteiger partial charge >= 0.3 is 0 Å². The topological polar surface area (TPSA) is 35.2 Å². The van der Waals surface area contributed by atoms with Crippen molar-refractivity contribution < 1.29 is 13.5 Å². The van der Waals surface area contributed by atoms with Crippen LogP contribution in [0.3, 0.4) is 0 Å². The van der Waals surface area contributed by atoms with Gasteiger partial charge in [0, 0.05) is 18.4 Å². The van der Waals surface area contributed by atoms with Gasteiger partial charge in [-0.1, -0.05) is 12.1 Å². The van der Waals surface area contributed by atoms with Crippen LogP contribution in [0.15, 0.2) is 24.3 Å². The van der Waals surface area contributed by atoms with Crippen molar-refractivity contribution in [1.29, 1.82) is 0 Å². The van der Waals surface area contributed by atoms with E-state index in [4.69, 9.17) is 10.5 Å². The van der Waals surface area contributed by atoms with Crippen LogP contribution in [0.5, 0.6) is 5.75 Å². The molecule has 0 aliphatic heterocycles. The lowest BCUT2D eigenvalue weighted by Crippen LogP contribution is -2.35. The highest BCUT2D eigenvalue weighted by Gasteiger charge is 2.47. The molecule has 2 N–H and O–H groups in total. The Hall–Kier alpha value is -1.16. The molecule has 0 heterocycles. The highest BCUT2D eigenvalue weighted by atomic mass is 19.3. The second-order valence-electron chi connectivity index (χ2n) is 4.42. The maximum atomic E-state index is 13.2. The van der Waals surface area contributed by atoms with E-state index in [1.54, 1.807) is 31.4 Å². The van der Waals surface area contributed by atoms with Gasteiger partial charge in [0.05, 0.1) is 7.11 Å². The number of ether oxygens (including phenoxy) is 1. The number of hydrogen-bond donors (Lipinski definition) is 1. The maximum absolute atomic E-state index is 13.2. The Labute approximate surface area is 93.4 Å². The Balaban J connectivity index is 2.23. The Kier molecular flexibility index (Phi) is 2.62. The molecule has 88 valence electrons. The molecule has 2 rings (SSSR count). The minimum atomic E-state index is -2.63. The highest BCUT2D eigenvalue weighted by Crippen LogP contribution is 2.45. The minimum Gasteiger partial charge on any atom is -0.497 e. The quantitative estimate of drug-likeness (QED) is 0.843. The molecule has 1 aliphatic carbocycles. The standard InChI is InChI=1S/C12H15F2NO/c1-16-10-4-2-9(3-5-10)11(15)6-7-12(13,14)8-11/h2-5H,6-8,15H2,1H3. The Morgan fingerprint density at radius 2 is 1.81 bits per heavy atom. The van der Waals surface area contributed by atoms with Gasteiger partial charge < -0.3 is 10.5 Å². The van der Waals surface area contributed by atoms with Crippen LogP contribution in [-0.2, 0) is 5.54 Å². The molecule has 1 saturated carbocycles. The van der Waals surface area contributed by atoms with Gasteiger partial charge in [-0.15, -0.1) is 0 Å². The van der Waals surface area contributed by atoms with E-state index in [1.807, 2.05) is 0 Å². The summed E-state index contributed by atoms with van der Waals surface area (Å²) in [5.74, 6) is -1.92. The lowest BCUT2D eigenvalue weighted by molar-refractivity contribution is 0.00291. The van der Waals surface area contributed by atoms with Gasteiger partial charge in [-0.05, 0) is 24.1 Å². The largest absolute Gasteiger partial charge is 0.497 e. The van der Waals surface area contributed by atoms with Crippen molar-refractivity contribution in [2.75, 3.05) is 7.11 Å². The van der Waals surface area contributed by atoms with Gasteiger partial charge in [-0.25, -0.2) is 8.78 Å². The molecule has 1 atom stereocenters. The van der Waals surface area contributed by atoms with Crippen molar-refractivity contribution in [1.82, 2.24) is 0 Å². The third kappa shape index (κ3) is 2.02. The van der Waals surface area contributed by atoms with Crippen molar-refractivity contribution >= 4 is 0 Å². The van der Waals surface area contributed by atoms with E-state index < -0.39 is 11.5 Å². The molecule has 0 aromatic heterocycles. The molecule has 1 unspecified atom stereocenters. The Bertz CT molecular complexity index is 377. The number of hydrogen-bond acceptors (Lipinski definition) is 2. The SMILES string of the molecule is COc1ccc(C2(N)CCC(F)(F)C2)cc1. The Morgan fingerprint density at radius 3 is 2.25 bits per heavy atom. The van der Waals surface area contributed by atoms with Crippen LogP contribution < -0.4 is 10.5 Å². The number of benzene rings is 1. The summed E-state index contributed by atoms with van der Waals surface area (Å²) in [4.78, 5) is 0. The fourth-order valence-corrected chi connectivity index (χ4v) is 2.21. The second-order valence-corrected chi connectivity index (χ2v) is 4.42. The van der Waals surface area contributed by atoms with Crippen LogP contribution in [0.4, 0.5) is 8.78 Å². The van der Waals surface area contributed by atoms with Crippen LogP contribution in [-0.4, -0.2) is 13.0 Å². The molecule has 0 radical (unpaired) electrons. The minimum absolute atomic E-state index is 0.129. The third-order valence-corrected chi connectivity index (χ3v) is 3.18. The first kappa shape index (κ1) is 11.3. The molecule has 0 bridgehead atoms. The van der Waals surface area contributed by atoms with E-state index in [2.05, 4.69) is 0 Å². The second kappa shape index (κ2) is 3.70. The fraction of sp³-hybridized carbons (Fsp3) is 0.500. The van der Waals surface area contributed by atoms with Gasteiger partial charge in [0.2, 0.25) is 5.92 Å². The first-order chi connectivity index (χ1) is 7.45. The normalized spacial score (nSPS) is 28.0. The molecule has 1 aromatic carbocycles. The summed E-state index contributed by atoms with van der Waals surface area (Å²) in [6, 6.07) is 7.03. The molecule has 0 spiro atoms. The van der Waals surface area contributed by atoms with Crippen molar-refractivity contribution in [2.45, 2.75) is 30.7 Å². The van der Waals surface area contributed by atoms with Crippen LogP contribution in [0, 0.1) is 0 Å². The van der Waals surface area contributed by atoms with Gasteiger partial charge in [-0.3, -0.25) is 0 Å². The summed E-state index contributed by atoms with van der Waals surface area (Å²) in [6.45, 7) is 0. The zero-order valence-corrected chi connectivity index (χ0v) is 9.17. The van der Waals surface area contributed by atoms with Crippen molar-refractivity contribution in [3.8, 4) is 5.75 Å². The monoisotopic (exact) mass is 227 g/mol. The number of halogens is 2. The Morgan fingerprint density at radius 1 is 1.19 bits per heavy atom. The van der Waals surface area contributed by atoms with Gasteiger partial charge in [0.15, 0.2) is 0 Å². The summed E-state index contributed by atoms with van der Waals surface area (Å²) in [7, 11) is 1.57. The van der Waals surface area contributed by atoms with Crippen molar-refractivity contribution in [3.05, 3.63) is 29.8 Å². The molecular formula is C12H15F2NO. The zero-order valence-electron chi connectivity index (χ0n) is 9.17. The fourth-order valence-electron chi connectivity index (χ4n) is 2.21. The third-order valence-electron chi connectivity index (χ3n) is 3.18. The summed E-state index contributed by atoms with van der Waals surface area (Å²) >= 11 is 0. The van der Waals surface area contributed by atoms with Gasteiger partial charge in [-0.2, -0.15) is 0 Å². The maximum Gasteiger partial charge on any atom is 0.250 e. The molecule has 0 amide bonds. The van der Waals surface area contributed by atoms with Crippen LogP contribution in [0.25, 0.3) is 0 Å². The summed E-state index contributed by atoms with van der Waals surface area (Å²) in [5.41, 5.74) is 5.89. The average Bonchev–Trinajstić information content (AvgIpc) is 2.54.